The molecule has 0 saturated heterocycles. The van der Waals surface area contributed by atoms with Gasteiger partial charge in [0.15, 0.2) is 0 Å². The normalized spacial score (nSPS) is 18.7. The van der Waals surface area contributed by atoms with Crippen LogP contribution in [0.25, 0.3) is 0 Å². The molecule has 1 aliphatic rings. The van der Waals surface area contributed by atoms with Gasteiger partial charge in [-0.2, -0.15) is 13.2 Å². The van der Waals surface area contributed by atoms with Crippen LogP contribution in [0.3, 0.4) is 0 Å². The number of nitrogen functional groups attached to an aromatic ring is 1. The molecule has 1 aliphatic heterocycles. The zero-order valence-corrected chi connectivity index (χ0v) is 10.9. The van der Waals surface area contributed by atoms with E-state index in [1.165, 1.54) is 6.08 Å². The van der Waals surface area contributed by atoms with E-state index in [4.69, 9.17) is 5.73 Å². The summed E-state index contributed by atoms with van der Waals surface area (Å²) in [7, 11) is 0. The van der Waals surface area contributed by atoms with Gasteiger partial charge >= 0.3 is 6.18 Å². The third kappa shape index (κ3) is 3.74. The molecule has 0 bridgehead atoms. The van der Waals surface area contributed by atoms with Crippen LogP contribution in [-0.2, 0) is 0 Å². The van der Waals surface area contributed by atoms with Crippen molar-refractivity contribution in [3.05, 3.63) is 41.5 Å². The fourth-order valence-electron chi connectivity index (χ4n) is 2.20. The molecule has 0 aromatic heterocycles. The molecule has 0 spiro atoms. The lowest BCUT2D eigenvalue weighted by molar-refractivity contribution is -0.0962. The first kappa shape index (κ1) is 14.9. The van der Waals surface area contributed by atoms with Crippen molar-refractivity contribution in [1.82, 2.24) is 4.90 Å². The van der Waals surface area contributed by atoms with Gasteiger partial charge in [0, 0.05) is 30.9 Å². The molecule has 0 radical (unpaired) electrons. The predicted octanol–water partition coefficient (Wildman–Crippen LogP) is 2.50. The number of aliphatic hydroxyl groups is 1. The average Bonchev–Trinajstić information content (AvgIpc) is 2.39. The number of benzene rings is 1. The van der Waals surface area contributed by atoms with Crippen LogP contribution in [0.5, 0.6) is 0 Å². The second kappa shape index (κ2) is 5.85. The van der Waals surface area contributed by atoms with E-state index in [2.05, 4.69) is 0 Å². The first-order chi connectivity index (χ1) is 9.36. The number of nitrogens with two attached hydrogens (primary N) is 1. The van der Waals surface area contributed by atoms with Crippen molar-refractivity contribution in [2.45, 2.75) is 18.7 Å². The summed E-state index contributed by atoms with van der Waals surface area (Å²) in [5, 5.41) is 10.1. The summed E-state index contributed by atoms with van der Waals surface area (Å²) in [6.07, 6.45) is -3.80. The van der Waals surface area contributed by atoms with Crippen molar-refractivity contribution in [2.75, 3.05) is 25.4 Å². The molecule has 1 atom stereocenters. The number of aliphatic hydroxyl groups excluding tert-OH is 1. The van der Waals surface area contributed by atoms with Crippen molar-refractivity contribution in [3.63, 3.8) is 0 Å². The maximum absolute atomic E-state index is 12.5. The van der Waals surface area contributed by atoms with Gasteiger partial charge in [-0.1, -0.05) is 18.2 Å². The molecule has 6 heteroatoms. The number of nitrogens with zero attached hydrogens (tertiary/aromatic N) is 1. The minimum Gasteiger partial charge on any atom is -0.399 e. The SMILES string of the molecule is Nc1ccc(C(O)CN2CC=C(C(F)(F)F)CC2)cc1. The Morgan fingerprint density at radius 3 is 2.40 bits per heavy atom. The molecule has 110 valence electrons. The van der Waals surface area contributed by atoms with Gasteiger partial charge in [0.05, 0.1) is 6.10 Å². The Hall–Kier alpha value is -1.53. The van der Waals surface area contributed by atoms with E-state index in [1.807, 2.05) is 0 Å². The van der Waals surface area contributed by atoms with E-state index in [-0.39, 0.29) is 13.0 Å². The largest absolute Gasteiger partial charge is 0.412 e. The monoisotopic (exact) mass is 286 g/mol. The van der Waals surface area contributed by atoms with Crippen LogP contribution in [0.4, 0.5) is 18.9 Å². The fraction of sp³-hybridized carbons (Fsp3) is 0.429. The summed E-state index contributed by atoms with van der Waals surface area (Å²) in [6, 6.07) is 6.83. The third-order valence-corrected chi connectivity index (χ3v) is 3.41. The maximum Gasteiger partial charge on any atom is 0.412 e. The first-order valence-electron chi connectivity index (χ1n) is 6.38. The second-order valence-corrected chi connectivity index (χ2v) is 4.92. The molecule has 1 unspecified atom stereocenters. The van der Waals surface area contributed by atoms with E-state index in [9.17, 15) is 18.3 Å². The molecule has 0 amide bonds. The summed E-state index contributed by atoms with van der Waals surface area (Å²) in [4.78, 5) is 1.80. The Kier molecular flexibility index (Phi) is 4.35. The lowest BCUT2D eigenvalue weighted by Gasteiger charge is -2.29. The van der Waals surface area contributed by atoms with Crippen molar-refractivity contribution in [1.29, 1.82) is 0 Å². The average molecular weight is 286 g/mol. The van der Waals surface area contributed by atoms with Gasteiger partial charge in [-0.25, -0.2) is 0 Å². The Labute approximate surface area is 115 Å². The zero-order valence-electron chi connectivity index (χ0n) is 10.9. The number of hydrogen-bond donors (Lipinski definition) is 2. The van der Waals surface area contributed by atoms with Crippen LogP contribution in [-0.4, -0.2) is 35.8 Å². The van der Waals surface area contributed by atoms with Gasteiger partial charge in [0.25, 0.3) is 0 Å². The standard InChI is InChI=1S/C14H17F3N2O/c15-14(16,17)11-5-7-19(8-6-11)9-13(20)10-1-3-12(18)4-2-10/h1-5,13,20H,6-9,18H2. The highest BCUT2D eigenvalue weighted by atomic mass is 19.4. The van der Waals surface area contributed by atoms with Gasteiger partial charge in [-0.05, 0) is 24.1 Å². The Morgan fingerprint density at radius 1 is 1.25 bits per heavy atom. The summed E-state index contributed by atoms with van der Waals surface area (Å²) >= 11 is 0. The molecule has 1 aromatic rings. The van der Waals surface area contributed by atoms with Crippen molar-refractivity contribution in [2.24, 2.45) is 0 Å². The van der Waals surface area contributed by atoms with Crippen LogP contribution >= 0.6 is 0 Å². The van der Waals surface area contributed by atoms with Crippen LogP contribution in [0.2, 0.25) is 0 Å². The summed E-state index contributed by atoms with van der Waals surface area (Å²) in [6.45, 7) is 0.823. The second-order valence-electron chi connectivity index (χ2n) is 4.92. The summed E-state index contributed by atoms with van der Waals surface area (Å²) < 4.78 is 37.5. The van der Waals surface area contributed by atoms with Gasteiger partial charge < -0.3 is 10.8 Å². The van der Waals surface area contributed by atoms with Crippen LogP contribution in [0.1, 0.15) is 18.1 Å². The molecule has 0 aliphatic carbocycles. The molecule has 0 saturated carbocycles. The van der Waals surface area contributed by atoms with Gasteiger partial charge in [0.1, 0.15) is 0 Å². The van der Waals surface area contributed by atoms with Gasteiger partial charge in [-0.3, -0.25) is 4.90 Å². The van der Waals surface area contributed by atoms with Crippen LogP contribution < -0.4 is 5.73 Å². The molecule has 20 heavy (non-hydrogen) atoms. The van der Waals surface area contributed by atoms with E-state index >= 15 is 0 Å². The zero-order chi connectivity index (χ0) is 14.8. The molecule has 0 fully saturated rings. The first-order valence-corrected chi connectivity index (χ1v) is 6.38. The molecule has 1 aromatic carbocycles. The quantitative estimate of drug-likeness (QED) is 0.663. The lowest BCUT2D eigenvalue weighted by Crippen LogP contribution is -2.34. The van der Waals surface area contributed by atoms with Gasteiger partial charge in [-0.15, -0.1) is 0 Å². The molecule has 3 nitrogen and oxygen atoms in total. The summed E-state index contributed by atoms with van der Waals surface area (Å²) in [5.74, 6) is 0. The molecular weight excluding hydrogens is 269 g/mol. The number of rotatable bonds is 3. The van der Waals surface area contributed by atoms with E-state index < -0.39 is 17.9 Å². The topological polar surface area (TPSA) is 49.5 Å². The van der Waals surface area contributed by atoms with E-state index in [1.54, 1.807) is 29.2 Å². The number of anilines is 1. The maximum atomic E-state index is 12.5. The number of β-amino-alcohol motifs (C(OH)–C–C–N with tert-alkyl or cyclic N) is 1. The summed E-state index contributed by atoms with van der Waals surface area (Å²) in [5.41, 5.74) is 6.41. The Morgan fingerprint density at radius 2 is 1.90 bits per heavy atom. The smallest absolute Gasteiger partial charge is 0.399 e. The van der Waals surface area contributed by atoms with Crippen molar-refractivity contribution >= 4 is 5.69 Å². The molecular formula is C14H17F3N2O. The number of alkyl halides is 3. The highest BCUT2D eigenvalue weighted by Gasteiger charge is 2.34. The Balaban J connectivity index is 1.92. The minimum absolute atomic E-state index is 0.0298. The van der Waals surface area contributed by atoms with E-state index in [0.29, 0.717) is 24.3 Å². The number of hydrogen-bond acceptors (Lipinski definition) is 3. The van der Waals surface area contributed by atoms with Gasteiger partial charge in [0.2, 0.25) is 0 Å². The lowest BCUT2D eigenvalue weighted by atomic mass is 10.1. The van der Waals surface area contributed by atoms with Crippen LogP contribution in [0, 0.1) is 0 Å². The van der Waals surface area contributed by atoms with E-state index in [0.717, 1.165) is 0 Å². The highest BCUT2D eigenvalue weighted by Crippen LogP contribution is 2.30. The molecule has 3 N–H and O–H groups in total. The van der Waals surface area contributed by atoms with Crippen molar-refractivity contribution in [3.8, 4) is 0 Å². The Bertz CT molecular complexity index is 482. The number of halogens is 3. The molecule has 2 rings (SSSR count). The molecule has 1 heterocycles. The minimum atomic E-state index is -4.23. The third-order valence-electron chi connectivity index (χ3n) is 3.41. The predicted molar refractivity (Wildman–Crippen MR) is 71.0 cm³/mol. The fourth-order valence-corrected chi connectivity index (χ4v) is 2.20. The van der Waals surface area contributed by atoms with Crippen molar-refractivity contribution < 1.29 is 18.3 Å². The highest BCUT2D eigenvalue weighted by molar-refractivity contribution is 5.39. The van der Waals surface area contributed by atoms with Crippen LogP contribution in [0.15, 0.2) is 35.9 Å².